The van der Waals surface area contributed by atoms with Crippen LogP contribution in [0.1, 0.15) is 16.8 Å². The van der Waals surface area contributed by atoms with E-state index in [2.05, 4.69) is 16.0 Å². The van der Waals surface area contributed by atoms with Crippen molar-refractivity contribution in [3.8, 4) is 0 Å². The number of rotatable bonds is 5. The maximum Gasteiger partial charge on any atom is 0.253 e. The SMILES string of the molecule is CNCCC(=O)Nc1ccccc1C(=O)NC. The van der Waals surface area contributed by atoms with E-state index >= 15 is 0 Å². The van der Waals surface area contributed by atoms with Gasteiger partial charge in [-0.05, 0) is 19.2 Å². The lowest BCUT2D eigenvalue weighted by Crippen LogP contribution is -2.23. The fourth-order valence-electron chi connectivity index (χ4n) is 1.38. The highest BCUT2D eigenvalue weighted by molar-refractivity contribution is 6.03. The molecule has 5 nitrogen and oxygen atoms in total. The van der Waals surface area contributed by atoms with Gasteiger partial charge in [0.2, 0.25) is 5.91 Å². The Morgan fingerprint density at radius 1 is 1.18 bits per heavy atom. The molecule has 0 atom stereocenters. The van der Waals surface area contributed by atoms with Crippen molar-refractivity contribution in [1.29, 1.82) is 0 Å². The van der Waals surface area contributed by atoms with Gasteiger partial charge in [-0.3, -0.25) is 9.59 Å². The fraction of sp³-hybridized carbons (Fsp3) is 0.333. The van der Waals surface area contributed by atoms with Gasteiger partial charge < -0.3 is 16.0 Å². The zero-order valence-corrected chi connectivity index (χ0v) is 10.0. The van der Waals surface area contributed by atoms with Crippen molar-refractivity contribution < 1.29 is 9.59 Å². The van der Waals surface area contributed by atoms with Crippen molar-refractivity contribution >= 4 is 17.5 Å². The summed E-state index contributed by atoms with van der Waals surface area (Å²) in [6, 6.07) is 6.92. The third kappa shape index (κ3) is 3.88. The van der Waals surface area contributed by atoms with E-state index in [0.29, 0.717) is 24.2 Å². The Hall–Kier alpha value is -1.88. The van der Waals surface area contributed by atoms with Gasteiger partial charge in [0.05, 0.1) is 11.3 Å². The van der Waals surface area contributed by atoms with Gasteiger partial charge in [0, 0.05) is 20.0 Å². The summed E-state index contributed by atoms with van der Waals surface area (Å²) in [4.78, 5) is 23.1. The minimum Gasteiger partial charge on any atom is -0.355 e. The molecule has 1 rings (SSSR count). The van der Waals surface area contributed by atoms with Gasteiger partial charge in [0.25, 0.3) is 5.91 Å². The van der Waals surface area contributed by atoms with Crippen LogP contribution in [0.5, 0.6) is 0 Å². The Kier molecular flexibility index (Phi) is 5.16. The predicted molar refractivity (Wildman–Crippen MR) is 67.0 cm³/mol. The monoisotopic (exact) mass is 235 g/mol. The standard InChI is InChI=1S/C12H17N3O2/c1-13-8-7-11(16)15-10-6-4-3-5-9(10)12(17)14-2/h3-6,13H,7-8H2,1-2H3,(H,14,17)(H,15,16). The third-order valence-corrected chi connectivity index (χ3v) is 2.27. The van der Waals surface area contributed by atoms with E-state index in [0.717, 1.165) is 0 Å². The smallest absolute Gasteiger partial charge is 0.253 e. The zero-order valence-electron chi connectivity index (χ0n) is 10.0. The number of carbonyl (C=O) groups excluding carboxylic acids is 2. The molecule has 0 radical (unpaired) electrons. The first-order valence-electron chi connectivity index (χ1n) is 5.44. The van der Waals surface area contributed by atoms with E-state index in [1.54, 1.807) is 38.4 Å². The summed E-state index contributed by atoms with van der Waals surface area (Å²) in [7, 11) is 3.34. The second-order valence-electron chi connectivity index (χ2n) is 3.53. The van der Waals surface area contributed by atoms with Crippen molar-refractivity contribution in [2.24, 2.45) is 0 Å². The normalized spacial score (nSPS) is 9.76. The van der Waals surface area contributed by atoms with Crippen LogP contribution >= 0.6 is 0 Å². The topological polar surface area (TPSA) is 70.2 Å². The van der Waals surface area contributed by atoms with Crippen LogP contribution in [0.2, 0.25) is 0 Å². The number of hydrogen-bond acceptors (Lipinski definition) is 3. The summed E-state index contributed by atoms with van der Waals surface area (Å²) in [5.41, 5.74) is 1.00. The highest BCUT2D eigenvalue weighted by atomic mass is 16.2. The lowest BCUT2D eigenvalue weighted by molar-refractivity contribution is -0.116. The molecular formula is C12H17N3O2. The van der Waals surface area contributed by atoms with Crippen LogP contribution in [0.25, 0.3) is 0 Å². The lowest BCUT2D eigenvalue weighted by Gasteiger charge is -2.09. The minimum absolute atomic E-state index is 0.115. The Labute approximate surface area is 101 Å². The van der Waals surface area contributed by atoms with Crippen LogP contribution in [0, 0.1) is 0 Å². The quantitative estimate of drug-likeness (QED) is 0.699. The molecule has 0 heterocycles. The number of nitrogens with one attached hydrogen (secondary N) is 3. The molecule has 0 unspecified atom stereocenters. The van der Waals surface area contributed by atoms with E-state index in [9.17, 15) is 9.59 Å². The number of amides is 2. The second kappa shape index (κ2) is 6.65. The summed E-state index contributed by atoms with van der Waals surface area (Å²) >= 11 is 0. The van der Waals surface area contributed by atoms with Crippen molar-refractivity contribution in [2.75, 3.05) is 26.0 Å². The maximum atomic E-state index is 11.6. The predicted octanol–water partition coefficient (Wildman–Crippen LogP) is 0.594. The molecule has 1 aromatic rings. The number of benzene rings is 1. The Bertz CT molecular complexity index is 404. The van der Waals surface area contributed by atoms with Crippen LogP contribution < -0.4 is 16.0 Å². The molecule has 0 bridgehead atoms. The summed E-state index contributed by atoms with van der Waals surface area (Å²) in [6.07, 6.45) is 0.374. The molecule has 3 N–H and O–H groups in total. The van der Waals surface area contributed by atoms with E-state index in [-0.39, 0.29) is 11.8 Å². The summed E-state index contributed by atoms with van der Waals surface area (Å²) in [5, 5.41) is 8.15. The number of para-hydroxylation sites is 1. The Morgan fingerprint density at radius 3 is 2.53 bits per heavy atom. The molecule has 2 amide bonds. The third-order valence-electron chi connectivity index (χ3n) is 2.27. The first kappa shape index (κ1) is 13.2. The van der Waals surface area contributed by atoms with Crippen molar-refractivity contribution in [1.82, 2.24) is 10.6 Å². The molecule has 0 aromatic heterocycles. The van der Waals surface area contributed by atoms with Crippen LogP contribution in [0.4, 0.5) is 5.69 Å². The van der Waals surface area contributed by atoms with E-state index < -0.39 is 0 Å². The molecule has 0 saturated heterocycles. The zero-order chi connectivity index (χ0) is 12.7. The molecule has 0 aliphatic rings. The number of anilines is 1. The molecule has 92 valence electrons. The van der Waals surface area contributed by atoms with Gasteiger partial charge in [-0.2, -0.15) is 0 Å². The van der Waals surface area contributed by atoms with Crippen LogP contribution in [0.3, 0.4) is 0 Å². The van der Waals surface area contributed by atoms with Crippen molar-refractivity contribution in [3.05, 3.63) is 29.8 Å². The molecule has 17 heavy (non-hydrogen) atoms. The molecular weight excluding hydrogens is 218 g/mol. The van der Waals surface area contributed by atoms with Gasteiger partial charge in [0.1, 0.15) is 0 Å². The number of carbonyl (C=O) groups is 2. The van der Waals surface area contributed by atoms with Crippen molar-refractivity contribution in [2.45, 2.75) is 6.42 Å². The highest BCUT2D eigenvalue weighted by Gasteiger charge is 2.10. The van der Waals surface area contributed by atoms with Gasteiger partial charge >= 0.3 is 0 Å². The molecule has 0 saturated carbocycles. The molecule has 5 heteroatoms. The molecule has 0 spiro atoms. The van der Waals surface area contributed by atoms with Gasteiger partial charge in [-0.1, -0.05) is 12.1 Å². The van der Waals surface area contributed by atoms with Gasteiger partial charge in [0.15, 0.2) is 0 Å². The van der Waals surface area contributed by atoms with E-state index in [4.69, 9.17) is 0 Å². The largest absolute Gasteiger partial charge is 0.355 e. The molecule has 0 aliphatic carbocycles. The van der Waals surface area contributed by atoms with Crippen molar-refractivity contribution in [3.63, 3.8) is 0 Å². The average molecular weight is 235 g/mol. The molecule has 0 aliphatic heterocycles. The van der Waals surface area contributed by atoms with Gasteiger partial charge in [-0.25, -0.2) is 0 Å². The van der Waals surface area contributed by atoms with Crippen LogP contribution in [0.15, 0.2) is 24.3 Å². The first-order chi connectivity index (χ1) is 8.19. The first-order valence-corrected chi connectivity index (χ1v) is 5.44. The molecule has 1 aromatic carbocycles. The van der Waals surface area contributed by atoms with E-state index in [1.807, 2.05) is 0 Å². The van der Waals surface area contributed by atoms with E-state index in [1.165, 1.54) is 0 Å². The van der Waals surface area contributed by atoms with Crippen LogP contribution in [-0.4, -0.2) is 32.5 Å². The Balaban J connectivity index is 2.76. The number of hydrogen-bond donors (Lipinski definition) is 3. The Morgan fingerprint density at radius 2 is 1.88 bits per heavy atom. The second-order valence-corrected chi connectivity index (χ2v) is 3.53. The molecule has 0 fully saturated rings. The van der Waals surface area contributed by atoms with Crippen LogP contribution in [-0.2, 0) is 4.79 Å². The van der Waals surface area contributed by atoms with Gasteiger partial charge in [-0.15, -0.1) is 0 Å². The summed E-state index contributed by atoms with van der Waals surface area (Å²) < 4.78 is 0. The average Bonchev–Trinajstić information content (AvgIpc) is 2.36. The highest BCUT2D eigenvalue weighted by Crippen LogP contribution is 2.14. The fourth-order valence-corrected chi connectivity index (χ4v) is 1.38. The summed E-state index contributed by atoms with van der Waals surface area (Å²) in [6.45, 7) is 0.605. The lowest BCUT2D eigenvalue weighted by atomic mass is 10.1. The summed E-state index contributed by atoms with van der Waals surface area (Å²) in [5.74, 6) is -0.329. The maximum absolute atomic E-state index is 11.6. The minimum atomic E-state index is -0.213.